The lowest BCUT2D eigenvalue weighted by Crippen LogP contribution is -2.50. The first-order valence-electron chi connectivity index (χ1n) is 15.1. The summed E-state index contributed by atoms with van der Waals surface area (Å²) in [5.74, 6) is -5.24. The summed E-state index contributed by atoms with van der Waals surface area (Å²) in [6, 6.07) is 22.0. The number of fused-ring (bicyclic) bond motifs is 5. The number of hydrogen-bond acceptors (Lipinski definition) is 6. The van der Waals surface area contributed by atoms with Gasteiger partial charge in [0.1, 0.15) is 23.7 Å². The molecule has 4 fully saturated rings. The summed E-state index contributed by atoms with van der Waals surface area (Å²) in [6.07, 6.45) is 0. The van der Waals surface area contributed by atoms with Gasteiger partial charge in [0, 0.05) is 0 Å². The number of amides is 4. The summed E-state index contributed by atoms with van der Waals surface area (Å²) in [4.78, 5) is 59.6. The highest BCUT2D eigenvalue weighted by atomic mass is 19.1. The fraction of sp³-hybridized carbons (Fsp3) is 0.222. The first-order valence-corrected chi connectivity index (χ1v) is 15.1. The molecule has 0 spiro atoms. The van der Waals surface area contributed by atoms with Crippen LogP contribution in [0, 0.1) is 37.3 Å². The zero-order valence-electron chi connectivity index (χ0n) is 24.9. The number of nitrogens with zero attached hydrogens (tertiary/aromatic N) is 4. The number of benzene rings is 4. The van der Waals surface area contributed by atoms with Crippen LogP contribution in [0.5, 0.6) is 0 Å². The second-order valence-electron chi connectivity index (χ2n) is 12.4. The maximum absolute atomic E-state index is 14.4. The standard InChI is InChI=1S/C36H28F2N4O4/c1-19-9-13-21(14-10-19)29-27-31(35(45)39(33(27)43)25-7-3-5-23(37)17-25)42-30(22-15-11-20(2)12-16-22)28-32(41(29)42)36(46)40(34(28)44)26-8-4-6-24(38)18-26/h3-18,27-32H,1-2H3/t27-,28-,29+,30+,31-,32+/m0/s1. The predicted octanol–water partition coefficient (Wildman–Crippen LogP) is 5.03. The third-order valence-corrected chi connectivity index (χ3v) is 9.70. The molecule has 0 saturated carbocycles. The van der Waals surface area contributed by atoms with Crippen LogP contribution in [0.1, 0.15) is 34.3 Å². The zero-order chi connectivity index (χ0) is 32.0. The monoisotopic (exact) mass is 618 g/mol. The Morgan fingerprint density at radius 3 is 1.20 bits per heavy atom. The van der Waals surface area contributed by atoms with Crippen LogP contribution in [0.15, 0.2) is 97.1 Å². The van der Waals surface area contributed by atoms with Crippen molar-refractivity contribution in [3.05, 3.63) is 131 Å². The van der Waals surface area contributed by atoms with E-state index in [4.69, 9.17) is 0 Å². The van der Waals surface area contributed by atoms with Crippen LogP contribution in [0.25, 0.3) is 0 Å². The van der Waals surface area contributed by atoms with Crippen LogP contribution in [0.3, 0.4) is 0 Å². The molecule has 4 amide bonds. The topological polar surface area (TPSA) is 81.2 Å². The number of anilines is 2. The smallest absolute Gasteiger partial charge is 0.253 e. The van der Waals surface area contributed by atoms with Gasteiger partial charge in [-0.3, -0.25) is 19.2 Å². The lowest BCUT2D eigenvalue weighted by Gasteiger charge is -2.35. The molecule has 4 aliphatic rings. The van der Waals surface area contributed by atoms with E-state index in [0.717, 1.165) is 33.1 Å². The van der Waals surface area contributed by atoms with Crippen molar-refractivity contribution in [3.8, 4) is 0 Å². The number of halogens is 2. The summed E-state index contributed by atoms with van der Waals surface area (Å²) >= 11 is 0. The zero-order valence-corrected chi connectivity index (χ0v) is 24.9. The molecule has 0 bridgehead atoms. The lowest BCUT2D eigenvalue weighted by molar-refractivity contribution is -0.136. The molecule has 4 aromatic carbocycles. The van der Waals surface area contributed by atoms with Crippen molar-refractivity contribution in [2.45, 2.75) is 38.0 Å². The molecule has 8 nitrogen and oxygen atoms in total. The Labute approximate surface area is 263 Å². The summed E-state index contributed by atoms with van der Waals surface area (Å²) in [6.45, 7) is 3.86. The van der Waals surface area contributed by atoms with Crippen molar-refractivity contribution in [2.75, 3.05) is 9.80 Å². The molecule has 230 valence electrons. The van der Waals surface area contributed by atoms with E-state index in [2.05, 4.69) is 0 Å². The number of imide groups is 2. The molecule has 0 radical (unpaired) electrons. The fourth-order valence-electron chi connectivity index (χ4n) is 7.76. The fourth-order valence-corrected chi connectivity index (χ4v) is 7.76. The highest BCUT2D eigenvalue weighted by molar-refractivity contribution is 6.26. The molecule has 10 heteroatoms. The number of carbonyl (C=O) groups excluding carboxylic acids is 4. The van der Waals surface area contributed by atoms with Gasteiger partial charge < -0.3 is 0 Å². The highest BCUT2D eigenvalue weighted by Crippen LogP contribution is 2.59. The predicted molar refractivity (Wildman–Crippen MR) is 164 cm³/mol. The molecule has 4 heterocycles. The van der Waals surface area contributed by atoms with E-state index in [-0.39, 0.29) is 11.4 Å². The maximum Gasteiger partial charge on any atom is 0.253 e. The van der Waals surface area contributed by atoms with Gasteiger partial charge in [-0.2, -0.15) is 0 Å². The van der Waals surface area contributed by atoms with Gasteiger partial charge in [0.05, 0.1) is 35.3 Å². The Morgan fingerprint density at radius 1 is 0.478 bits per heavy atom. The summed E-state index contributed by atoms with van der Waals surface area (Å²) in [5, 5.41) is 3.51. The van der Waals surface area contributed by atoms with Gasteiger partial charge in [-0.15, -0.1) is 0 Å². The molecule has 8 rings (SSSR count). The number of carbonyl (C=O) groups is 4. The van der Waals surface area contributed by atoms with Crippen LogP contribution >= 0.6 is 0 Å². The molecule has 4 saturated heterocycles. The Bertz CT molecular complexity index is 1810. The van der Waals surface area contributed by atoms with E-state index in [1.807, 2.05) is 62.4 Å². The Balaban J connectivity index is 1.33. The van der Waals surface area contributed by atoms with Crippen LogP contribution in [0.2, 0.25) is 0 Å². The molecule has 0 aliphatic carbocycles. The molecule has 0 aromatic heterocycles. The van der Waals surface area contributed by atoms with Gasteiger partial charge in [0.25, 0.3) is 11.8 Å². The Hall–Kier alpha value is -5.06. The Morgan fingerprint density at radius 2 is 0.848 bits per heavy atom. The summed E-state index contributed by atoms with van der Waals surface area (Å²) < 4.78 is 28.7. The lowest BCUT2D eigenvalue weighted by atomic mass is 9.84. The largest absolute Gasteiger partial charge is 0.274 e. The third-order valence-electron chi connectivity index (χ3n) is 9.70. The van der Waals surface area contributed by atoms with Crippen molar-refractivity contribution < 1.29 is 28.0 Å². The van der Waals surface area contributed by atoms with Gasteiger partial charge in [-0.1, -0.05) is 71.8 Å². The van der Waals surface area contributed by atoms with Crippen LogP contribution in [-0.4, -0.2) is 45.7 Å². The Kier molecular flexibility index (Phi) is 6.32. The van der Waals surface area contributed by atoms with E-state index in [1.54, 1.807) is 10.0 Å². The first-order chi connectivity index (χ1) is 22.2. The molecule has 6 atom stereocenters. The van der Waals surface area contributed by atoms with Gasteiger partial charge in [-0.25, -0.2) is 28.6 Å². The number of hydrazine groups is 1. The normalized spacial score (nSPS) is 27.5. The van der Waals surface area contributed by atoms with E-state index in [0.29, 0.717) is 11.1 Å². The molecular formula is C36H28F2N4O4. The van der Waals surface area contributed by atoms with Gasteiger partial charge >= 0.3 is 0 Å². The SMILES string of the molecule is Cc1ccc([C@@H]2[C@@H]3C(=O)N(c4cccc(F)c4)C(=O)[C@@H]3N3[C@H](c4ccc(C)cc4)[C@@H]4C(=O)N(c5cccc(F)c5)C(=O)[C@H]4N23)cc1. The average Bonchev–Trinajstić information content (AvgIpc) is 3.69. The van der Waals surface area contributed by atoms with E-state index >= 15 is 0 Å². The van der Waals surface area contributed by atoms with Crippen LogP contribution in [0.4, 0.5) is 20.2 Å². The van der Waals surface area contributed by atoms with Crippen LogP contribution < -0.4 is 9.80 Å². The molecule has 4 aromatic rings. The van der Waals surface area contributed by atoms with Gasteiger partial charge in [0.2, 0.25) is 11.8 Å². The minimum Gasteiger partial charge on any atom is -0.274 e. The quantitative estimate of drug-likeness (QED) is 0.299. The van der Waals surface area contributed by atoms with Crippen molar-refractivity contribution in [1.29, 1.82) is 0 Å². The molecule has 0 N–H and O–H groups in total. The summed E-state index contributed by atoms with van der Waals surface area (Å²) in [7, 11) is 0. The summed E-state index contributed by atoms with van der Waals surface area (Å²) in [5.41, 5.74) is 3.58. The van der Waals surface area contributed by atoms with Crippen molar-refractivity contribution in [3.63, 3.8) is 0 Å². The first kappa shape index (κ1) is 28.4. The minimum absolute atomic E-state index is 0.120. The second-order valence-corrected chi connectivity index (χ2v) is 12.4. The highest BCUT2D eigenvalue weighted by Gasteiger charge is 2.73. The number of aryl methyl sites for hydroxylation is 2. The van der Waals surface area contributed by atoms with Gasteiger partial charge in [-0.05, 0) is 61.4 Å². The van der Waals surface area contributed by atoms with Crippen molar-refractivity contribution in [1.82, 2.24) is 10.0 Å². The second kappa shape index (κ2) is 10.2. The van der Waals surface area contributed by atoms with E-state index < -0.39 is 71.3 Å². The van der Waals surface area contributed by atoms with E-state index in [1.165, 1.54) is 36.4 Å². The van der Waals surface area contributed by atoms with Crippen molar-refractivity contribution in [2.24, 2.45) is 11.8 Å². The van der Waals surface area contributed by atoms with E-state index in [9.17, 15) is 28.0 Å². The molecule has 4 aliphatic heterocycles. The number of rotatable bonds is 4. The molecular weight excluding hydrogens is 590 g/mol. The van der Waals surface area contributed by atoms with Crippen molar-refractivity contribution >= 4 is 35.0 Å². The number of hydrogen-bond donors (Lipinski definition) is 0. The van der Waals surface area contributed by atoms with Crippen LogP contribution in [-0.2, 0) is 19.2 Å². The maximum atomic E-state index is 14.4. The third kappa shape index (κ3) is 3.96. The molecule has 46 heavy (non-hydrogen) atoms. The average molecular weight is 619 g/mol. The molecule has 0 unspecified atom stereocenters. The van der Waals surface area contributed by atoms with Gasteiger partial charge in [0.15, 0.2) is 0 Å². The minimum atomic E-state index is -1.07.